The molecule has 0 aliphatic carbocycles. The Hall–Kier alpha value is -2.36. The Morgan fingerprint density at radius 3 is 2.78 bits per heavy atom. The topological polar surface area (TPSA) is 72.0 Å². The van der Waals surface area contributed by atoms with Crippen LogP contribution in [-0.4, -0.2) is 10.8 Å². The molecule has 1 aromatic heterocycles. The average molecular weight is 241 g/mol. The fourth-order valence-electron chi connectivity index (χ4n) is 1.59. The zero-order valence-corrected chi connectivity index (χ0v) is 10.2. The van der Waals surface area contributed by atoms with E-state index in [1.165, 1.54) is 5.56 Å². The molecule has 0 unspecified atom stereocenters. The van der Waals surface area contributed by atoms with Crippen molar-refractivity contribution < 1.29 is 4.74 Å². The van der Waals surface area contributed by atoms with Gasteiger partial charge in [-0.2, -0.15) is 0 Å². The summed E-state index contributed by atoms with van der Waals surface area (Å²) in [7, 11) is 0. The van der Waals surface area contributed by atoms with E-state index in [0.717, 1.165) is 12.2 Å². The number of nitrogens with one attached hydrogen (secondary N) is 1. The van der Waals surface area contributed by atoms with E-state index in [2.05, 4.69) is 18.0 Å². The number of nitrogens with zero attached hydrogens (tertiary/aromatic N) is 1. The molecule has 0 bridgehead atoms. The summed E-state index contributed by atoms with van der Waals surface area (Å²) >= 11 is 0. The minimum absolute atomic E-state index is 0.0669. The second-order valence-electron chi connectivity index (χ2n) is 3.89. The monoisotopic (exact) mass is 241 g/mol. The van der Waals surface area contributed by atoms with Crippen LogP contribution in [0.2, 0.25) is 0 Å². The molecule has 0 aliphatic heterocycles. The number of rotatable bonds is 4. The zero-order chi connectivity index (χ0) is 13.0. The van der Waals surface area contributed by atoms with Gasteiger partial charge in [0.05, 0.1) is 0 Å². The summed E-state index contributed by atoms with van der Waals surface area (Å²) in [5.41, 5.74) is 7.02. The molecule has 92 valence electrons. The molecule has 4 nitrogen and oxygen atoms in total. The summed E-state index contributed by atoms with van der Waals surface area (Å²) in [5.74, 6) is 1.33. The lowest BCUT2D eigenvalue weighted by atomic mass is 10.2. The van der Waals surface area contributed by atoms with Crippen molar-refractivity contribution in [2.45, 2.75) is 13.3 Å². The Morgan fingerprint density at radius 1 is 1.28 bits per heavy atom. The molecule has 2 aromatic rings. The molecule has 1 heterocycles. The maximum atomic E-state index is 7.34. The maximum absolute atomic E-state index is 7.34. The molecule has 1 aromatic carbocycles. The molecule has 18 heavy (non-hydrogen) atoms. The highest BCUT2D eigenvalue weighted by molar-refractivity contribution is 5.93. The summed E-state index contributed by atoms with van der Waals surface area (Å²) in [4.78, 5) is 3.98. The van der Waals surface area contributed by atoms with Gasteiger partial charge in [-0.1, -0.05) is 19.1 Å². The molecular formula is C14H15N3O. The third-order valence-corrected chi connectivity index (χ3v) is 2.55. The Labute approximate surface area is 106 Å². The summed E-state index contributed by atoms with van der Waals surface area (Å²) in [6.07, 6.45) is 2.54. The molecule has 0 aliphatic rings. The second-order valence-corrected chi connectivity index (χ2v) is 3.89. The fraction of sp³-hybridized carbons (Fsp3) is 0.143. The van der Waals surface area contributed by atoms with Crippen molar-refractivity contribution in [3.8, 4) is 11.5 Å². The first-order valence-corrected chi connectivity index (χ1v) is 5.76. The Kier molecular flexibility index (Phi) is 3.57. The predicted molar refractivity (Wildman–Crippen MR) is 71.1 cm³/mol. The van der Waals surface area contributed by atoms with E-state index >= 15 is 0 Å². The van der Waals surface area contributed by atoms with Gasteiger partial charge in [0, 0.05) is 12.3 Å². The van der Waals surface area contributed by atoms with Gasteiger partial charge in [-0.25, -0.2) is 0 Å². The van der Waals surface area contributed by atoms with Crippen LogP contribution in [0.15, 0.2) is 42.6 Å². The SMILES string of the molecule is CCc1cccc(Oc2ccnc(C(=N)N)c2)c1. The largest absolute Gasteiger partial charge is 0.457 e. The first-order chi connectivity index (χ1) is 8.69. The zero-order valence-electron chi connectivity index (χ0n) is 10.2. The third kappa shape index (κ3) is 2.85. The minimum Gasteiger partial charge on any atom is -0.457 e. The number of pyridine rings is 1. The van der Waals surface area contributed by atoms with Crippen molar-refractivity contribution in [3.63, 3.8) is 0 Å². The number of nitrogen functional groups attached to an aromatic ring is 1. The van der Waals surface area contributed by atoms with Gasteiger partial charge in [0.15, 0.2) is 0 Å². The van der Waals surface area contributed by atoms with E-state index in [9.17, 15) is 0 Å². The normalized spacial score (nSPS) is 10.1. The van der Waals surface area contributed by atoms with E-state index in [4.69, 9.17) is 15.9 Å². The van der Waals surface area contributed by atoms with Crippen molar-refractivity contribution >= 4 is 5.84 Å². The molecule has 0 spiro atoms. The van der Waals surface area contributed by atoms with Crippen molar-refractivity contribution in [1.29, 1.82) is 5.41 Å². The smallest absolute Gasteiger partial charge is 0.141 e. The number of nitrogens with two attached hydrogens (primary N) is 1. The number of ether oxygens (including phenoxy) is 1. The molecule has 0 saturated carbocycles. The van der Waals surface area contributed by atoms with Crippen LogP contribution >= 0.6 is 0 Å². The molecule has 0 radical (unpaired) electrons. The van der Waals surface area contributed by atoms with Gasteiger partial charge in [-0.3, -0.25) is 10.4 Å². The Morgan fingerprint density at radius 2 is 2.06 bits per heavy atom. The van der Waals surface area contributed by atoms with E-state index in [1.807, 2.05) is 18.2 Å². The van der Waals surface area contributed by atoms with Crippen LogP contribution in [0.4, 0.5) is 0 Å². The van der Waals surface area contributed by atoms with Crippen LogP contribution in [0.25, 0.3) is 0 Å². The van der Waals surface area contributed by atoms with Crippen LogP contribution in [0.3, 0.4) is 0 Å². The lowest BCUT2D eigenvalue weighted by Gasteiger charge is -2.07. The number of aromatic nitrogens is 1. The quantitative estimate of drug-likeness (QED) is 0.638. The van der Waals surface area contributed by atoms with E-state index in [1.54, 1.807) is 18.3 Å². The van der Waals surface area contributed by atoms with Gasteiger partial charge < -0.3 is 10.5 Å². The summed E-state index contributed by atoms with van der Waals surface area (Å²) < 4.78 is 5.72. The Balaban J connectivity index is 2.22. The molecule has 0 saturated heterocycles. The number of benzene rings is 1. The second kappa shape index (κ2) is 5.31. The first-order valence-electron chi connectivity index (χ1n) is 5.76. The minimum atomic E-state index is -0.0669. The van der Waals surface area contributed by atoms with Crippen molar-refractivity contribution in [3.05, 3.63) is 53.9 Å². The van der Waals surface area contributed by atoms with Crippen molar-refractivity contribution in [2.24, 2.45) is 5.73 Å². The summed E-state index contributed by atoms with van der Waals surface area (Å²) in [6.45, 7) is 2.10. The molecule has 0 atom stereocenters. The third-order valence-electron chi connectivity index (χ3n) is 2.55. The highest BCUT2D eigenvalue weighted by atomic mass is 16.5. The predicted octanol–water partition coefficient (Wildman–Crippen LogP) is 2.72. The maximum Gasteiger partial charge on any atom is 0.141 e. The highest BCUT2D eigenvalue weighted by Crippen LogP contribution is 2.22. The summed E-state index contributed by atoms with van der Waals surface area (Å²) in [5, 5.41) is 7.34. The van der Waals surface area contributed by atoms with E-state index in [0.29, 0.717) is 11.4 Å². The average Bonchev–Trinajstić information content (AvgIpc) is 2.39. The molecule has 0 amide bonds. The van der Waals surface area contributed by atoms with Crippen molar-refractivity contribution in [2.75, 3.05) is 0 Å². The fourth-order valence-corrected chi connectivity index (χ4v) is 1.59. The van der Waals surface area contributed by atoms with E-state index < -0.39 is 0 Å². The number of hydrogen-bond donors (Lipinski definition) is 2. The van der Waals surface area contributed by atoms with Crippen molar-refractivity contribution in [1.82, 2.24) is 4.98 Å². The van der Waals surface area contributed by atoms with Gasteiger partial charge in [0.1, 0.15) is 23.0 Å². The molecule has 2 rings (SSSR count). The van der Waals surface area contributed by atoms with Crippen LogP contribution in [0.1, 0.15) is 18.2 Å². The van der Waals surface area contributed by atoms with Gasteiger partial charge in [0.2, 0.25) is 0 Å². The van der Waals surface area contributed by atoms with Crippen LogP contribution in [0.5, 0.6) is 11.5 Å². The van der Waals surface area contributed by atoms with Gasteiger partial charge in [0.25, 0.3) is 0 Å². The molecule has 3 N–H and O–H groups in total. The molecular weight excluding hydrogens is 226 g/mol. The summed E-state index contributed by atoms with van der Waals surface area (Å²) in [6, 6.07) is 11.3. The lowest BCUT2D eigenvalue weighted by molar-refractivity contribution is 0.481. The number of hydrogen-bond acceptors (Lipinski definition) is 3. The van der Waals surface area contributed by atoms with Gasteiger partial charge in [-0.05, 0) is 30.2 Å². The molecule has 0 fully saturated rings. The lowest BCUT2D eigenvalue weighted by Crippen LogP contribution is -2.12. The first kappa shape index (κ1) is 12.1. The van der Waals surface area contributed by atoms with Crippen LogP contribution in [0, 0.1) is 5.41 Å². The van der Waals surface area contributed by atoms with Crippen LogP contribution < -0.4 is 10.5 Å². The van der Waals surface area contributed by atoms with Gasteiger partial charge >= 0.3 is 0 Å². The number of amidine groups is 1. The van der Waals surface area contributed by atoms with Gasteiger partial charge in [-0.15, -0.1) is 0 Å². The highest BCUT2D eigenvalue weighted by Gasteiger charge is 2.02. The number of aryl methyl sites for hydroxylation is 1. The van der Waals surface area contributed by atoms with Crippen LogP contribution in [-0.2, 0) is 6.42 Å². The Bertz CT molecular complexity index is 566. The molecule has 4 heteroatoms. The standard InChI is InChI=1S/C14H15N3O/c1-2-10-4-3-5-11(8-10)18-12-6-7-17-13(9-12)14(15)16/h3-9H,2H2,1H3,(H3,15,16). The van der Waals surface area contributed by atoms with E-state index in [-0.39, 0.29) is 5.84 Å².